The Kier molecular flexibility index (Phi) is 4.10. The molecule has 1 atom stereocenters. The number of amides is 1. The molecule has 1 aliphatic rings. The summed E-state index contributed by atoms with van der Waals surface area (Å²) < 4.78 is 0. The van der Waals surface area contributed by atoms with Crippen molar-refractivity contribution in [1.29, 1.82) is 0 Å². The first-order chi connectivity index (χ1) is 9.02. The molecule has 0 aliphatic carbocycles. The van der Waals surface area contributed by atoms with Crippen LogP contribution in [0.1, 0.15) is 29.3 Å². The van der Waals surface area contributed by atoms with Gasteiger partial charge in [0.25, 0.3) is 5.91 Å². The van der Waals surface area contributed by atoms with Gasteiger partial charge in [-0.15, -0.1) is 0 Å². The lowest BCUT2D eigenvalue weighted by molar-refractivity contribution is 0.0734. The van der Waals surface area contributed by atoms with Gasteiger partial charge in [-0.1, -0.05) is 23.7 Å². The number of piperidine rings is 1. The van der Waals surface area contributed by atoms with Gasteiger partial charge in [-0.3, -0.25) is 4.79 Å². The third-order valence-corrected chi connectivity index (χ3v) is 3.95. The van der Waals surface area contributed by atoms with Crippen LogP contribution in [0.2, 0.25) is 5.02 Å². The summed E-state index contributed by atoms with van der Waals surface area (Å²) in [5, 5.41) is 12.8. The smallest absolute Gasteiger partial charge is 0.253 e. The van der Waals surface area contributed by atoms with Gasteiger partial charge in [0.15, 0.2) is 0 Å². The zero-order chi connectivity index (χ0) is 14.0. The predicted octanol–water partition coefficient (Wildman–Crippen LogP) is 2.96. The lowest BCUT2D eigenvalue weighted by Crippen LogP contribution is -2.43. The molecule has 2 rings (SSSR count). The summed E-state index contributed by atoms with van der Waals surface area (Å²) in [5.41, 5.74) is 2.31. The second-order valence-corrected chi connectivity index (χ2v) is 5.36. The van der Waals surface area contributed by atoms with Gasteiger partial charge in [0.1, 0.15) is 0 Å². The highest BCUT2D eigenvalue weighted by molar-refractivity contribution is 6.31. The molecule has 0 bridgehead atoms. The van der Waals surface area contributed by atoms with Crippen molar-refractivity contribution >= 4 is 23.2 Å². The summed E-state index contributed by atoms with van der Waals surface area (Å²) in [4.78, 5) is 14.2. The zero-order valence-corrected chi connectivity index (χ0v) is 11.8. The molecule has 1 unspecified atom stereocenters. The van der Waals surface area contributed by atoms with E-state index in [-0.39, 0.29) is 11.8 Å². The first kappa shape index (κ1) is 13.9. The third kappa shape index (κ3) is 2.89. The second-order valence-electron chi connectivity index (χ2n) is 4.96. The fourth-order valence-electron chi connectivity index (χ4n) is 2.32. The van der Waals surface area contributed by atoms with Crippen LogP contribution in [0.5, 0.6) is 0 Å². The van der Waals surface area contributed by atoms with Gasteiger partial charge in [-0.05, 0) is 30.7 Å². The van der Waals surface area contributed by atoms with Gasteiger partial charge >= 0.3 is 0 Å². The van der Waals surface area contributed by atoms with Gasteiger partial charge in [0.2, 0.25) is 0 Å². The molecule has 0 aromatic heterocycles. The van der Waals surface area contributed by atoms with Crippen LogP contribution in [0, 0.1) is 12.8 Å². The Morgan fingerprint density at radius 1 is 1.53 bits per heavy atom. The Labute approximate surface area is 117 Å². The van der Waals surface area contributed by atoms with Crippen LogP contribution in [0.15, 0.2) is 23.4 Å². The second kappa shape index (κ2) is 5.61. The number of aryl methyl sites for hydroxylation is 1. The lowest BCUT2D eigenvalue weighted by Gasteiger charge is -2.31. The van der Waals surface area contributed by atoms with Crippen molar-refractivity contribution in [2.45, 2.75) is 20.3 Å². The van der Waals surface area contributed by atoms with Crippen molar-refractivity contribution in [2.24, 2.45) is 11.1 Å². The summed E-state index contributed by atoms with van der Waals surface area (Å²) in [5.74, 6) is 0.0969. The van der Waals surface area contributed by atoms with Crippen LogP contribution in [0.4, 0.5) is 0 Å². The van der Waals surface area contributed by atoms with Gasteiger partial charge in [-0.25, -0.2) is 0 Å². The minimum Gasteiger partial charge on any atom is -0.411 e. The Morgan fingerprint density at radius 3 is 2.84 bits per heavy atom. The first-order valence-electron chi connectivity index (χ1n) is 6.29. The number of hydrogen-bond donors (Lipinski definition) is 1. The molecule has 1 amide bonds. The first-order valence-corrected chi connectivity index (χ1v) is 6.67. The van der Waals surface area contributed by atoms with Crippen LogP contribution in [-0.4, -0.2) is 34.8 Å². The number of nitrogens with zero attached hydrogens (tertiary/aromatic N) is 2. The van der Waals surface area contributed by atoms with Crippen LogP contribution in [-0.2, 0) is 0 Å². The molecule has 1 saturated heterocycles. The molecule has 19 heavy (non-hydrogen) atoms. The van der Waals surface area contributed by atoms with E-state index in [4.69, 9.17) is 16.8 Å². The SMILES string of the molecule is Cc1cc(C(=O)N2CC/C(=N\O)C(C)C2)ccc1Cl. The molecule has 5 heteroatoms. The maximum absolute atomic E-state index is 12.4. The number of rotatable bonds is 1. The maximum Gasteiger partial charge on any atom is 0.253 e. The van der Waals surface area contributed by atoms with E-state index in [0.29, 0.717) is 30.1 Å². The highest BCUT2D eigenvalue weighted by atomic mass is 35.5. The Bertz CT molecular complexity index is 528. The van der Waals surface area contributed by atoms with Crippen molar-refractivity contribution in [3.8, 4) is 0 Å². The monoisotopic (exact) mass is 280 g/mol. The van der Waals surface area contributed by atoms with Gasteiger partial charge in [0.05, 0.1) is 5.71 Å². The number of carbonyl (C=O) groups excluding carboxylic acids is 1. The van der Waals surface area contributed by atoms with Crippen molar-refractivity contribution in [2.75, 3.05) is 13.1 Å². The quantitative estimate of drug-likeness (QED) is 0.635. The summed E-state index contributed by atoms with van der Waals surface area (Å²) in [7, 11) is 0. The molecule has 0 saturated carbocycles. The number of likely N-dealkylation sites (tertiary alicyclic amines) is 1. The largest absolute Gasteiger partial charge is 0.411 e. The molecule has 4 nitrogen and oxygen atoms in total. The molecule has 0 spiro atoms. The molecule has 0 radical (unpaired) electrons. The molecule has 1 N–H and O–H groups in total. The number of carbonyl (C=O) groups is 1. The minimum absolute atomic E-state index is 0.00334. The number of hydrogen-bond acceptors (Lipinski definition) is 3. The minimum atomic E-state index is 0.00334. The molecule has 1 aliphatic heterocycles. The Balaban J connectivity index is 2.14. The Hall–Kier alpha value is -1.55. The van der Waals surface area contributed by atoms with Crippen LogP contribution in [0.25, 0.3) is 0 Å². The van der Waals surface area contributed by atoms with Gasteiger partial charge < -0.3 is 10.1 Å². The number of benzene rings is 1. The molecule has 1 fully saturated rings. The standard InChI is InChI=1S/C14H17ClN2O2/c1-9-7-11(3-4-12(9)15)14(18)17-6-5-13(16-19)10(2)8-17/h3-4,7,10,19H,5-6,8H2,1-2H3/b16-13+. The van der Waals surface area contributed by atoms with Crippen molar-refractivity contribution in [3.63, 3.8) is 0 Å². The molecular weight excluding hydrogens is 264 g/mol. The average molecular weight is 281 g/mol. The van der Waals surface area contributed by atoms with Crippen molar-refractivity contribution < 1.29 is 10.0 Å². The molecule has 1 aromatic carbocycles. The van der Waals surface area contributed by atoms with E-state index < -0.39 is 0 Å². The molecular formula is C14H17ClN2O2. The van der Waals surface area contributed by atoms with Crippen molar-refractivity contribution in [3.05, 3.63) is 34.3 Å². The van der Waals surface area contributed by atoms with Crippen LogP contribution >= 0.6 is 11.6 Å². The topological polar surface area (TPSA) is 52.9 Å². The summed E-state index contributed by atoms with van der Waals surface area (Å²) in [6.45, 7) is 5.01. The molecule has 102 valence electrons. The van der Waals surface area contributed by atoms with Crippen molar-refractivity contribution in [1.82, 2.24) is 4.90 Å². The summed E-state index contributed by atoms with van der Waals surface area (Å²) >= 11 is 5.96. The Morgan fingerprint density at radius 2 is 2.26 bits per heavy atom. The van der Waals surface area contributed by atoms with E-state index in [1.807, 2.05) is 19.9 Å². The maximum atomic E-state index is 12.4. The van der Waals surface area contributed by atoms with E-state index in [2.05, 4.69) is 5.16 Å². The fourth-order valence-corrected chi connectivity index (χ4v) is 2.43. The van der Waals surface area contributed by atoms with Gasteiger partial charge in [0, 0.05) is 36.0 Å². The highest BCUT2D eigenvalue weighted by Crippen LogP contribution is 2.20. The highest BCUT2D eigenvalue weighted by Gasteiger charge is 2.26. The lowest BCUT2D eigenvalue weighted by atomic mass is 9.97. The van der Waals surface area contributed by atoms with E-state index >= 15 is 0 Å². The summed E-state index contributed by atoms with van der Waals surface area (Å²) in [6.07, 6.45) is 0.621. The third-order valence-electron chi connectivity index (χ3n) is 3.52. The molecule has 1 aromatic rings. The molecule has 1 heterocycles. The average Bonchev–Trinajstić information content (AvgIpc) is 2.41. The zero-order valence-electron chi connectivity index (χ0n) is 11.1. The van der Waals surface area contributed by atoms with E-state index in [9.17, 15) is 4.79 Å². The van der Waals surface area contributed by atoms with Gasteiger partial charge in [-0.2, -0.15) is 0 Å². The summed E-state index contributed by atoms with van der Waals surface area (Å²) in [6, 6.07) is 5.31. The number of oxime groups is 1. The number of halogens is 1. The van der Waals surface area contributed by atoms with E-state index in [1.165, 1.54) is 0 Å². The normalized spacial score (nSPS) is 21.7. The predicted molar refractivity (Wildman–Crippen MR) is 75.1 cm³/mol. The van der Waals surface area contributed by atoms with E-state index in [1.54, 1.807) is 17.0 Å². The van der Waals surface area contributed by atoms with Crippen LogP contribution < -0.4 is 0 Å². The fraction of sp³-hybridized carbons (Fsp3) is 0.429. The van der Waals surface area contributed by atoms with Crippen LogP contribution in [0.3, 0.4) is 0 Å². The van der Waals surface area contributed by atoms with E-state index in [0.717, 1.165) is 11.3 Å².